The molecule has 0 aliphatic heterocycles. The van der Waals surface area contributed by atoms with Crippen LogP contribution < -0.4 is 5.32 Å². The van der Waals surface area contributed by atoms with Gasteiger partial charge in [0.15, 0.2) is 6.29 Å². The lowest BCUT2D eigenvalue weighted by Gasteiger charge is -2.08. The lowest BCUT2D eigenvalue weighted by Crippen LogP contribution is -2.30. The molecular weight excluding hydrogens is 154 g/mol. The highest BCUT2D eigenvalue weighted by Gasteiger charge is 2.21. The van der Waals surface area contributed by atoms with E-state index in [1.54, 1.807) is 6.29 Å². The topological polar surface area (TPSA) is 46.2 Å². The van der Waals surface area contributed by atoms with Crippen LogP contribution in [-0.4, -0.2) is 18.7 Å². The van der Waals surface area contributed by atoms with Gasteiger partial charge in [-0.15, -0.1) is 0 Å². The van der Waals surface area contributed by atoms with Crippen LogP contribution in [0.2, 0.25) is 0 Å². The molecule has 1 saturated carbocycles. The van der Waals surface area contributed by atoms with Crippen LogP contribution in [0.25, 0.3) is 0 Å². The van der Waals surface area contributed by atoms with Crippen molar-refractivity contribution in [2.24, 2.45) is 5.92 Å². The maximum absolute atomic E-state index is 11.3. The Balaban J connectivity index is 2.14. The summed E-state index contributed by atoms with van der Waals surface area (Å²) in [6.07, 6.45) is 6.40. The van der Waals surface area contributed by atoms with Crippen LogP contribution in [0.5, 0.6) is 0 Å². The second kappa shape index (κ2) is 4.91. The molecule has 1 amide bonds. The molecule has 1 aliphatic rings. The molecule has 12 heavy (non-hydrogen) atoms. The first-order valence-electron chi connectivity index (χ1n) is 4.47. The van der Waals surface area contributed by atoms with Gasteiger partial charge in [0.25, 0.3) is 0 Å². The zero-order valence-electron chi connectivity index (χ0n) is 7.14. The fourth-order valence-corrected chi connectivity index (χ4v) is 1.57. The van der Waals surface area contributed by atoms with Gasteiger partial charge in [-0.3, -0.25) is 9.59 Å². The van der Waals surface area contributed by atoms with E-state index in [-0.39, 0.29) is 11.8 Å². The quantitative estimate of drug-likeness (QED) is 0.631. The molecule has 0 bridgehead atoms. The third kappa shape index (κ3) is 2.64. The molecule has 0 aromatic carbocycles. The standard InChI is InChI=1S/C9H14NO2/c11-7-3-6-10-9(12)8-4-1-2-5-8/h8H,1-6H2,(H,10,12). The van der Waals surface area contributed by atoms with Gasteiger partial charge in [0.2, 0.25) is 5.91 Å². The smallest absolute Gasteiger partial charge is 0.223 e. The Hall–Kier alpha value is -0.860. The minimum atomic E-state index is 0.114. The van der Waals surface area contributed by atoms with Gasteiger partial charge in [-0.25, -0.2) is 0 Å². The summed E-state index contributed by atoms with van der Waals surface area (Å²) < 4.78 is 0. The van der Waals surface area contributed by atoms with E-state index >= 15 is 0 Å². The molecule has 1 fully saturated rings. The molecule has 1 rings (SSSR count). The Morgan fingerprint density at radius 1 is 1.42 bits per heavy atom. The van der Waals surface area contributed by atoms with E-state index in [0.29, 0.717) is 13.0 Å². The molecule has 67 valence electrons. The van der Waals surface area contributed by atoms with E-state index in [2.05, 4.69) is 5.32 Å². The van der Waals surface area contributed by atoms with Crippen LogP contribution in [-0.2, 0) is 9.59 Å². The number of carbonyl (C=O) groups excluding carboxylic acids is 2. The van der Waals surface area contributed by atoms with Crippen molar-refractivity contribution in [1.29, 1.82) is 0 Å². The van der Waals surface area contributed by atoms with Crippen molar-refractivity contribution in [3.8, 4) is 0 Å². The first-order chi connectivity index (χ1) is 5.84. The fraction of sp³-hybridized carbons (Fsp3) is 0.778. The molecule has 3 nitrogen and oxygen atoms in total. The second-order valence-electron chi connectivity index (χ2n) is 3.17. The maximum Gasteiger partial charge on any atom is 0.223 e. The number of carbonyl (C=O) groups is 1. The first kappa shape index (κ1) is 9.23. The molecule has 0 atom stereocenters. The highest BCUT2D eigenvalue weighted by atomic mass is 16.2. The predicted molar refractivity (Wildman–Crippen MR) is 45.3 cm³/mol. The van der Waals surface area contributed by atoms with Crippen molar-refractivity contribution in [2.45, 2.75) is 32.1 Å². The normalized spacial score (nSPS) is 17.7. The molecule has 1 radical (unpaired) electrons. The van der Waals surface area contributed by atoms with Crippen molar-refractivity contribution >= 4 is 12.2 Å². The van der Waals surface area contributed by atoms with Crippen LogP contribution in [0, 0.1) is 5.92 Å². The number of hydrogen-bond acceptors (Lipinski definition) is 2. The summed E-state index contributed by atoms with van der Waals surface area (Å²) in [5, 5.41) is 2.72. The Morgan fingerprint density at radius 2 is 2.08 bits per heavy atom. The first-order valence-corrected chi connectivity index (χ1v) is 4.47. The Labute approximate surface area is 72.5 Å². The van der Waals surface area contributed by atoms with Gasteiger partial charge in [-0.05, 0) is 12.8 Å². The Kier molecular flexibility index (Phi) is 3.77. The van der Waals surface area contributed by atoms with Crippen LogP contribution in [0.4, 0.5) is 0 Å². The van der Waals surface area contributed by atoms with Gasteiger partial charge in [-0.1, -0.05) is 12.8 Å². The SMILES string of the molecule is O=[C]CCNC(=O)C1CCCC1. The fourth-order valence-electron chi connectivity index (χ4n) is 1.57. The summed E-state index contributed by atoms with van der Waals surface area (Å²) in [5.41, 5.74) is 0. The van der Waals surface area contributed by atoms with E-state index in [0.717, 1.165) is 25.7 Å². The van der Waals surface area contributed by atoms with Crippen LogP contribution in [0.15, 0.2) is 0 Å². The number of rotatable bonds is 4. The molecule has 0 heterocycles. The largest absolute Gasteiger partial charge is 0.355 e. The molecule has 0 unspecified atom stereocenters. The van der Waals surface area contributed by atoms with Crippen molar-refractivity contribution in [1.82, 2.24) is 5.32 Å². The molecule has 0 spiro atoms. The van der Waals surface area contributed by atoms with E-state index in [1.165, 1.54) is 0 Å². The molecule has 0 aromatic heterocycles. The third-order valence-electron chi connectivity index (χ3n) is 2.25. The maximum atomic E-state index is 11.3. The van der Waals surface area contributed by atoms with Crippen LogP contribution >= 0.6 is 0 Å². The molecular formula is C9H14NO2. The van der Waals surface area contributed by atoms with Gasteiger partial charge in [0.1, 0.15) is 0 Å². The average Bonchev–Trinajstić information content (AvgIpc) is 2.56. The zero-order chi connectivity index (χ0) is 8.81. The van der Waals surface area contributed by atoms with Crippen molar-refractivity contribution < 1.29 is 9.59 Å². The van der Waals surface area contributed by atoms with E-state index in [4.69, 9.17) is 0 Å². The van der Waals surface area contributed by atoms with Crippen LogP contribution in [0.3, 0.4) is 0 Å². The van der Waals surface area contributed by atoms with Gasteiger partial charge in [0, 0.05) is 18.9 Å². The number of amides is 1. The summed E-state index contributed by atoms with van der Waals surface area (Å²) in [5.74, 6) is 0.319. The lowest BCUT2D eigenvalue weighted by atomic mass is 10.1. The molecule has 1 aliphatic carbocycles. The predicted octanol–water partition coefficient (Wildman–Crippen LogP) is 0.793. The molecule has 3 heteroatoms. The van der Waals surface area contributed by atoms with Gasteiger partial charge >= 0.3 is 0 Å². The minimum Gasteiger partial charge on any atom is -0.355 e. The summed E-state index contributed by atoms with van der Waals surface area (Å²) in [6.45, 7) is 0.443. The highest BCUT2D eigenvalue weighted by Crippen LogP contribution is 2.24. The van der Waals surface area contributed by atoms with Gasteiger partial charge < -0.3 is 5.32 Å². The highest BCUT2D eigenvalue weighted by molar-refractivity contribution is 5.79. The van der Waals surface area contributed by atoms with Crippen molar-refractivity contribution in [3.63, 3.8) is 0 Å². The zero-order valence-corrected chi connectivity index (χ0v) is 7.14. The summed E-state index contributed by atoms with van der Waals surface area (Å²) >= 11 is 0. The summed E-state index contributed by atoms with van der Waals surface area (Å²) in [4.78, 5) is 21.1. The van der Waals surface area contributed by atoms with E-state index in [9.17, 15) is 9.59 Å². The monoisotopic (exact) mass is 168 g/mol. The number of nitrogens with one attached hydrogen (secondary N) is 1. The van der Waals surface area contributed by atoms with E-state index < -0.39 is 0 Å². The molecule has 0 saturated heterocycles. The van der Waals surface area contributed by atoms with Crippen LogP contribution in [0.1, 0.15) is 32.1 Å². The van der Waals surface area contributed by atoms with Crippen molar-refractivity contribution in [2.75, 3.05) is 6.54 Å². The Bertz CT molecular complexity index is 162. The molecule has 0 aromatic rings. The Morgan fingerprint density at radius 3 is 2.67 bits per heavy atom. The lowest BCUT2D eigenvalue weighted by molar-refractivity contribution is -0.124. The number of hydrogen-bond donors (Lipinski definition) is 1. The van der Waals surface area contributed by atoms with E-state index in [1.807, 2.05) is 0 Å². The third-order valence-corrected chi connectivity index (χ3v) is 2.25. The molecule has 1 N–H and O–H groups in total. The average molecular weight is 168 g/mol. The summed E-state index contributed by atoms with van der Waals surface area (Å²) in [7, 11) is 0. The minimum absolute atomic E-state index is 0.114. The second-order valence-corrected chi connectivity index (χ2v) is 3.17. The summed E-state index contributed by atoms with van der Waals surface area (Å²) in [6, 6.07) is 0. The van der Waals surface area contributed by atoms with Crippen molar-refractivity contribution in [3.05, 3.63) is 0 Å². The van der Waals surface area contributed by atoms with Gasteiger partial charge in [-0.2, -0.15) is 0 Å². The van der Waals surface area contributed by atoms with Gasteiger partial charge in [0.05, 0.1) is 0 Å².